The highest BCUT2D eigenvalue weighted by Gasteiger charge is 2.35. The van der Waals surface area contributed by atoms with Crippen LogP contribution in [0.25, 0.3) is 0 Å². The van der Waals surface area contributed by atoms with Crippen molar-refractivity contribution < 1.29 is 4.74 Å². The van der Waals surface area contributed by atoms with E-state index in [0.717, 1.165) is 44.6 Å². The molecule has 108 valence electrons. The summed E-state index contributed by atoms with van der Waals surface area (Å²) >= 11 is 0. The first-order valence-electron chi connectivity index (χ1n) is 8.05. The van der Waals surface area contributed by atoms with E-state index in [-0.39, 0.29) is 6.10 Å². The van der Waals surface area contributed by atoms with Gasteiger partial charge in [0.2, 0.25) is 0 Å². The van der Waals surface area contributed by atoms with Gasteiger partial charge in [-0.2, -0.15) is 0 Å². The van der Waals surface area contributed by atoms with Gasteiger partial charge in [0.15, 0.2) is 0 Å². The van der Waals surface area contributed by atoms with E-state index < -0.39 is 0 Å². The summed E-state index contributed by atoms with van der Waals surface area (Å²) < 4.78 is 6.06. The SMILES string of the molecule is c1ccc2c(c1)CCOC2CN1CCNC(C2CC2)C1. The zero-order chi connectivity index (χ0) is 13.4. The van der Waals surface area contributed by atoms with E-state index in [1.807, 2.05) is 0 Å². The van der Waals surface area contributed by atoms with Gasteiger partial charge in [0.05, 0.1) is 12.7 Å². The Kier molecular flexibility index (Phi) is 3.51. The fraction of sp³-hybridized carbons (Fsp3) is 0.647. The second kappa shape index (κ2) is 5.47. The van der Waals surface area contributed by atoms with Gasteiger partial charge in [-0.3, -0.25) is 4.90 Å². The fourth-order valence-corrected chi connectivity index (χ4v) is 3.68. The van der Waals surface area contributed by atoms with E-state index in [4.69, 9.17) is 4.74 Å². The van der Waals surface area contributed by atoms with Crippen LogP contribution in [0.2, 0.25) is 0 Å². The van der Waals surface area contributed by atoms with E-state index in [2.05, 4.69) is 34.5 Å². The Bertz CT molecular complexity index is 472. The van der Waals surface area contributed by atoms with Gasteiger partial charge >= 0.3 is 0 Å². The maximum Gasteiger partial charge on any atom is 0.0954 e. The van der Waals surface area contributed by atoms with Crippen LogP contribution in [-0.4, -0.2) is 43.7 Å². The molecule has 1 aromatic rings. The van der Waals surface area contributed by atoms with Crippen LogP contribution in [0.1, 0.15) is 30.1 Å². The largest absolute Gasteiger partial charge is 0.372 e. The molecule has 0 aromatic heterocycles. The van der Waals surface area contributed by atoms with Crippen LogP contribution in [0, 0.1) is 5.92 Å². The molecule has 0 spiro atoms. The average molecular weight is 272 g/mol. The Morgan fingerprint density at radius 1 is 1.25 bits per heavy atom. The molecule has 1 aliphatic carbocycles. The number of nitrogens with zero attached hydrogens (tertiary/aromatic N) is 1. The van der Waals surface area contributed by atoms with Crippen molar-refractivity contribution in [2.75, 3.05) is 32.8 Å². The van der Waals surface area contributed by atoms with Gasteiger partial charge in [-0.15, -0.1) is 0 Å². The molecule has 3 aliphatic rings. The monoisotopic (exact) mass is 272 g/mol. The normalized spacial score (nSPS) is 31.0. The summed E-state index contributed by atoms with van der Waals surface area (Å²) in [6.45, 7) is 5.43. The van der Waals surface area contributed by atoms with Crippen LogP contribution in [-0.2, 0) is 11.2 Å². The molecule has 0 amide bonds. The number of benzene rings is 1. The summed E-state index contributed by atoms with van der Waals surface area (Å²) in [5.41, 5.74) is 2.90. The zero-order valence-electron chi connectivity index (χ0n) is 12.1. The van der Waals surface area contributed by atoms with Gasteiger partial charge < -0.3 is 10.1 Å². The molecule has 20 heavy (non-hydrogen) atoms. The molecular weight excluding hydrogens is 248 g/mol. The lowest BCUT2D eigenvalue weighted by Gasteiger charge is -2.37. The molecule has 2 unspecified atom stereocenters. The molecule has 3 heteroatoms. The maximum atomic E-state index is 6.06. The molecule has 2 aliphatic heterocycles. The van der Waals surface area contributed by atoms with Gasteiger partial charge in [-0.05, 0) is 36.3 Å². The Balaban J connectivity index is 1.44. The second-order valence-electron chi connectivity index (χ2n) is 6.47. The third kappa shape index (κ3) is 2.62. The second-order valence-corrected chi connectivity index (χ2v) is 6.47. The first kappa shape index (κ1) is 12.8. The van der Waals surface area contributed by atoms with Crippen molar-refractivity contribution in [3.8, 4) is 0 Å². The van der Waals surface area contributed by atoms with Crippen LogP contribution < -0.4 is 5.32 Å². The summed E-state index contributed by atoms with van der Waals surface area (Å²) in [5, 5.41) is 3.68. The summed E-state index contributed by atoms with van der Waals surface area (Å²) in [7, 11) is 0. The van der Waals surface area contributed by atoms with Gasteiger partial charge in [0.25, 0.3) is 0 Å². The Morgan fingerprint density at radius 3 is 3.05 bits per heavy atom. The number of hydrogen-bond acceptors (Lipinski definition) is 3. The van der Waals surface area contributed by atoms with Crippen molar-refractivity contribution in [3.63, 3.8) is 0 Å². The Morgan fingerprint density at radius 2 is 2.15 bits per heavy atom. The van der Waals surface area contributed by atoms with E-state index >= 15 is 0 Å². The molecule has 2 atom stereocenters. The van der Waals surface area contributed by atoms with Crippen molar-refractivity contribution in [3.05, 3.63) is 35.4 Å². The third-order valence-corrected chi connectivity index (χ3v) is 5.00. The highest BCUT2D eigenvalue weighted by atomic mass is 16.5. The average Bonchev–Trinajstić information content (AvgIpc) is 3.33. The topological polar surface area (TPSA) is 24.5 Å². The zero-order valence-corrected chi connectivity index (χ0v) is 12.1. The lowest BCUT2D eigenvalue weighted by molar-refractivity contribution is 0.00921. The highest BCUT2D eigenvalue weighted by Crippen LogP contribution is 2.34. The van der Waals surface area contributed by atoms with Crippen LogP contribution >= 0.6 is 0 Å². The third-order valence-electron chi connectivity index (χ3n) is 5.00. The maximum absolute atomic E-state index is 6.06. The fourth-order valence-electron chi connectivity index (χ4n) is 3.68. The minimum atomic E-state index is 0.276. The Hall–Kier alpha value is -0.900. The molecule has 3 nitrogen and oxygen atoms in total. The van der Waals surface area contributed by atoms with Crippen LogP contribution in [0.4, 0.5) is 0 Å². The van der Waals surface area contributed by atoms with E-state index in [0.29, 0.717) is 0 Å². The number of rotatable bonds is 3. The highest BCUT2D eigenvalue weighted by molar-refractivity contribution is 5.31. The van der Waals surface area contributed by atoms with Crippen molar-refractivity contribution in [2.45, 2.75) is 31.4 Å². The predicted molar refractivity (Wildman–Crippen MR) is 79.8 cm³/mol. The number of nitrogens with one attached hydrogen (secondary N) is 1. The van der Waals surface area contributed by atoms with E-state index in [9.17, 15) is 0 Å². The van der Waals surface area contributed by atoms with Gasteiger partial charge in [0, 0.05) is 32.2 Å². The van der Waals surface area contributed by atoms with Gasteiger partial charge in [-0.1, -0.05) is 24.3 Å². The number of fused-ring (bicyclic) bond motifs is 1. The Labute approximate surface area is 121 Å². The molecule has 1 saturated heterocycles. The lowest BCUT2D eigenvalue weighted by atomic mass is 9.97. The standard InChI is InChI=1S/C17H24N2O/c1-2-4-15-13(3-1)7-10-20-17(15)12-19-9-8-18-16(11-19)14-5-6-14/h1-4,14,16-18H,5-12H2. The molecule has 0 radical (unpaired) electrons. The smallest absolute Gasteiger partial charge is 0.0954 e. The molecule has 1 saturated carbocycles. The van der Waals surface area contributed by atoms with Crippen molar-refractivity contribution >= 4 is 0 Å². The van der Waals surface area contributed by atoms with E-state index in [1.54, 1.807) is 0 Å². The molecule has 1 aromatic carbocycles. The van der Waals surface area contributed by atoms with Crippen molar-refractivity contribution in [1.82, 2.24) is 10.2 Å². The summed E-state index contributed by atoms with van der Waals surface area (Å²) in [4.78, 5) is 2.60. The van der Waals surface area contributed by atoms with Crippen LogP contribution in [0.15, 0.2) is 24.3 Å². The van der Waals surface area contributed by atoms with Crippen molar-refractivity contribution in [1.29, 1.82) is 0 Å². The molecule has 2 fully saturated rings. The predicted octanol–water partition coefficient (Wildman–Crippen LogP) is 1.98. The molecular formula is C17H24N2O. The van der Waals surface area contributed by atoms with Gasteiger partial charge in [0.1, 0.15) is 0 Å². The summed E-state index contributed by atoms with van der Waals surface area (Å²) in [6, 6.07) is 9.53. The number of ether oxygens (including phenoxy) is 1. The summed E-state index contributed by atoms with van der Waals surface area (Å²) in [6.07, 6.45) is 4.19. The van der Waals surface area contributed by atoms with Crippen LogP contribution in [0.3, 0.4) is 0 Å². The minimum Gasteiger partial charge on any atom is -0.372 e. The lowest BCUT2D eigenvalue weighted by Crippen LogP contribution is -2.52. The van der Waals surface area contributed by atoms with E-state index in [1.165, 1.54) is 30.5 Å². The molecule has 0 bridgehead atoms. The number of piperazine rings is 1. The molecule has 4 rings (SSSR count). The minimum absolute atomic E-state index is 0.276. The number of hydrogen-bond donors (Lipinski definition) is 1. The first-order valence-corrected chi connectivity index (χ1v) is 8.05. The quantitative estimate of drug-likeness (QED) is 0.910. The molecule has 2 heterocycles. The first-order chi connectivity index (χ1) is 9.90. The van der Waals surface area contributed by atoms with Crippen molar-refractivity contribution in [2.24, 2.45) is 5.92 Å². The molecule has 1 N–H and O–H groups in total. The van der Waals surface area contributed by atoms with Gasteiger partial charge in [-0.25, -0.2) is 0 Å². The van der Waals surface area contributed by atoms with Crippen LogP contribution in [0.5, 0.6) is 0 Å². The summed E-state index contributed by atoms with van der Waals surface area (Å²) in [5.74, 6) is 0.942.